The number of hydrogen-bond acceptors (Lipinski definition) is 3. The molecule has 3 aliphatic rings. The van der Waals surface area contributed by atoms with Crippen molar-refractivity contribution in [3.8, 4) is 0 Å². The smallest absolute Gasteiger partial charge is 0.306 e. The molecule has 0 aromatic rings. The van der Waals surface area contributed by atoms with Crippen LogP contribution in [0.3, 0.4) is 0 Å². The zero-order valence-corrected chi connectivity index (χ0v) is 8.73. The molecule has 0 aromatic heterocycles. The van der Waals surface area contributed by atoms with Crippen LogP contribution in [0.1, 0.15) is 19.3 Å². The van der Waals surface area contributed by atoms with Crippen molar-refractivity contribution < 1.29 is 14.3 Å². The van der Waals surface area contributed by atoms with E-state index in [0.717, 1.165) is 12.8 Å². The Morgan fingerprint density at radius 2 is 2.27 bits per heavy atom. The molecule has 2 fully saturated rings. The average Bonchev–Trinajstić information content (AvgIpc) is 2.88. The van der Waals surface area contributed by atoms with Crippen LogP contribution in [0.5, 0.6) is 0 Å². The minimum atomic E-state index is -0.259. The highest BCUT2D eigenvalue weighted by Gasteiger charge is 2.66. The van der Waals surface area contributed by atoms with Gasteiger partial charge >= 0.3 is 5.97 Å². The lowest BCUT2D eigenvalue weighted by Gasteiger charge is -2.16. The van der Waals surface area contributed by atoms with Crippen LogP contribution in [0.15, 0.2) is 12.2 Å². The predicted molar refractivity (Wildman–Crippen MR) is 52.9 cm³/mol. The number of esters is 1. The molecule has 0 heterocycles. The van der Waals surface area contributed by atoms with E-state index in [1.165, 1.54) is 7.11 Å². The molecule has 2 saturated carbocycles. The Kier molecular flexibility index (Phi) is 1.65. The van der Waals surface area contributed by atoms with Gasteiger partial charge in [0.2, 0.25) is 0 Å². The highest BCUT2D eigenvalue weighted by atomic mass is 16.5. The number of methoxy groups -OCH3 is 1. The molecule has 0 aliphatic heterocycles. The minimum absolute atomic E-state index is 0.102. The van der Waals surface area contributed by atoms with Gasteiger partial charge in [0.25, 0.3) is 0 Å². The van der Waals surface area contributed by atoms with Gasteiger partial charge in [-0.15, -0.1) is 0 Å². The lowest BCUT2D eigenvalue weighted by atomic mass is 9.87. The van der Waals surface area contributed by atoms with Crippen molar-refractivity contribution in [2.75, 3.05) is 7.11 Å². The second-order valence-corrected chi connectivity index (χ2v) is 4.91. The van der Waals surface area contributed by atoms with Crippen molar-refractivity contribution >= 4 is 11.8 Å². The average molecular weight is 206 g/mol. The molecular formula is C12H14O3. The Bertz CT molecular complexity index is 365. The summed E-state index contributed by atoms with van der Waals surface area (Å²) >= 11 is 0. The van der Waals surface area contributed by atoms with Gasteiger partial charge in [0.05, 0.1) is 13.5 Å². The zero-order chi connectivity index (χ0) is 10.6. The van der Waals surface area contributed by atoms with Gasteiger partial charge in [-0.05, 0) is 24.2 Å². The fourth-order valence-corrected chi connectivity index (χ4v) is 3.42. The van der Waals surface area contributed by atoms with Crippen molar-refractivity contribution in [3.63, 3.8) is 0 Å². The third kappa shape index (κ3) is 1.01. The molecule has 3 unspecified atom stereocenters. The van der Waals surface area contributed by atoms with Crippen LogP contribution < -0.4 is 0 Å². The summed E-state index contributed by atoms with van der Waals surface area (Å²) in [5.41, 5.74) is 0.232. The van der Waals surface area contributed by atoms with Crippen LogP contribution in [0.4, 0.5) is 0 Å². The van der Waals surface area contributed by atoms with Gasteiger partial charge in [0, 0.05) is 11.8 Å². The Morgan fingerprint density at radius 1 is 1.53 bits per heavy atom. The number of carbonyl (C=O) groups is 2. The second-order valence-electron chi connectivity index (χ2n) is 4.91. The number of rotatable bonds is 2. The van der Waals surface area contributed by atoms with Crippen molar-refractivity contribution in [1.82, 2.24) is 0 Å². The normalized spacial score (nSPS) is 38.7. The summed E-state index contributed by atoms with van der Waals surface area (Å²) in [5, 5.41) is 0. The van der Waals surface area contributed by atoms with Gasteiger partial charge in [-0.3, -0.25) is 9.59 Å². The lowest BCUT2D eigenvalue weighted by Crippen LogP contribution is -2.22. The van der Waals surface area contributed by atoms with E-state index < -0.39 is 0 Å². The van der Waals surface area contributed by atoms with E-state index >= 15 is 0 Å². The molecule has 3 nitrogen and oxygen atoms in total. The maximum Gasteiger partial charge on any atom is 0.306 e. The Labute approximate surface area is 88.5 Å². The van der Waals surface area contributed by atoms with Crippen LogP contribution in [0.25, 0.3) is 0 Å². The summed E-state index contributed by atoms with van der Waals surface area (Å²) in [6.45, 7) is 0. The topological polar surface area (TPSA) is 43.4 Å². The molecule has 80 valence electrons. The monoisotopic (exact) mass is 206 g/mol. The first-order valence-electron chi connectivity index (χ1n) is 5.48. The molecule has 0 N–H and O–H groups in total. The summed E-state index contributed by atoms with van der Waals surface area (Å²) in [6.07, 6.45) is 6.76. The molecule has 15 heavy (non-hydrogen) atoms. The zero-order valence-electron chi connectivity index (χ0n) is 8.73. The van der Waals surface area contributed by atoms with E-state index in [2.05, 4.69) is 10.8 Å². The van der Waals surface area contributed by atoms with Gasteiger partial charge < -0.3 is 4.74 Å². The number of Topliss-reactive ketones (excluding diaryl/α,β-unsaturated/α-hetero) is 1. The summed E-state index contributed by atoms with van der Waals surface area (Å²) in [4.78, 5) is 23.2. The first-order chi connectivity index (χ1) is 7.19. The number of ketones is 1. The highest BCUT2D eigenvalue weighted by Crippen LogP contribution is 2.69. The standard InChI is InChI=1S/C12H14O3/c1-15-10(13)6-7-8-2-3-9(11(7)14)12(8)4-5-12/h2-3,7-9H,4-6H2,1H3. The first kappa shape index (κ1) is 9.13. The van der Waals surface area contributed by atoms with E-state index in [9.17, 15) is 9.59 Å². The summed E-state index contributed by atoms with van der Waals surface area (Å²) in [7, 11) is 1.38. The lowest BCUT2D eigenvalue weighted by molar-refractivity contribution is -0.143. The van der Waals surface area contributed by atoms with Crippen molar-refractivity contribution in [1.29, 1.82) is 0 Å². The maximum atomic E-state index is 12.0. The van der Waals surface area contributed by atoms with Gasteiger partial charge in [-0.25, -0.2) is 0 Å². The molecule has 0 radical (unpaired) electrons. The van der Waals surface area contributed by atoms with Crippen LogP contribution in [-0.2, 0) is 14.3 Å². The van der Waals surface area contributed by atoms with Gasteiger partial charge in [0.1, 0.15) is 5.78 Å². The van der Waals surface area contributed by atoms with Crippen LogP contribution in [0, 0.1) is 23.2 Å². The Morgan fingerprint density at radius 3 is 2.80 bits per heavy atom. The summed E-state index contributed by atoms with van der Waals surface area (Å²) in [6, 6.07) is 0. The van der Waals surface area contributed by atoms with E-state index in [-0.39, 0.29) is 35.4 Å². The van der Waals surface area contributed by atoms with Gasteiger partial charge in [0.15, 0.2) is 0 Å². The van der Waals surface area contributed by atoms with Gasteiger partial charge in [-0.1, -0.05) is 12.2 Å². The number of ether oxygens (including phenoxy) is 1. The van der Waals surface area contributed by atoms with Gasteiger partial charge in [-0.2, -0.15) is 0 Å². The molecular weight excluding hydrogens is 192 g/mol. The maximum absolute atomic E-state index is 12.0. The van der Waals surface area contributed by atoms with E-state index in [1.54, 1.807) is 0 Å². The quantitative estimate of drug-likeness (QED) is 0.505. The summed E-state index contributed by atoms with van der Waals surface area (Å²) in [5.74, 6) is 0.330. The molecule has 3 heteroatoms. The molecule has 0 aromatic carbocycles. The number of hydrogen-bond donors (Lipinski definition) is 0. The minimum Gasteiger partial charge on any atom is -0.469 e. The molecule has 1 spiro atoms. The van der Waals surface area contributed by atoms with E-state index in [0.29, 0.717) is 5.92 Å². The fraction of sp³-hybridized carbons (Fsp3) is 0.667. The summed E-state index contributed by atoms with van der Waals surface area (Å²) < 4.78 is 4.64. The Balaban J connectivity index is 1.84. The van der Waals surface area contributed by atoms with Crippen molar-refractivity contribution in [3.05, 3.63) is 12.2 Å². The number of carbonyl (C=O) groups excluding carboxylic acids is 2. The SMILES string of the molecule is COC(=O)CC1C(=O)C2C=CC1C21CC1. The molecule has 3 rings (SSSR count). The third-order valence-electron chi connectivity index (χ3n) is 4.34. The highest BCUT2D eigenvalue weighted by molar-refractivity contribution is 5.94. The molecule has 3 atom stereocenters. The molecule has 0 amide bonds. The van der Waals surface area contributed by atoms with Crippen LogP contribution >= 0.6 is 0 Å². The van der Waals surface area contributed by atoms with Crippen LogP contribution in [-0.4, -0.2) is 18.9 Å². The Hall–Kier alpha value is -1.12. The second kappa shape index (κ2) is 2.71. The molecule has 2 bridgehead atoms. The predicted octanol–water partition coefficient (Wildman–Crippen LogP) is 1.33. The van der Waals surface area contributed by atoms with E-state index in [1.807, 2.05) is 6.08 Å². The fourth-order valence-electron chi connectivity index (χ4n) is 3.42. The third-order valence-corrected chi connectivity index (χ3v) is 4.34. The molecule has 3 aliphatic carbocycles. The van der Waals surface area contributed by atoms with Crippen LogP contribution in [0.2, 0.25) is 0 Å². The van der Waals surface area contributed by atoms with Crippen molar-refractivity contribution in [2.45, 2.75) is 19.3 Å². The van der Waals surface area contributed by atoms with E-state index in [4.69, 9.17) is 0 Å². The first-order valence-corrected chi connectivity index (χ1v) is 5.48. The van der Waals surface area contributed by atoms with Crippen molar-refractivity contribution in [2.24, 2.45) is 23.2 Å². The number of allylic oxidation sites excluding steroid dienone is 2. The molecule has 0 saturated heterocycles. The largest absolute Gasteiger partial charge is 0.469 e.